The normalized spacial score (nSPS) is 20.6. The fourth-order valence-corrected chi connectivity index (χ4v) is 2.19. The molecule has 1 saturated heterocycles. The topological polar surface area (TPSA) is 28.2 Å². The van der Waals surface area contributed by atoms with Gasteiger partial charge >= 0.3 is 0 Å². The second kappa shape index (κ2) is 4.37. The Bertz CT molecular complexity index is 346. The summed E-state index contributed by atoms with van der Waals surface area (Å²) >= 11 is 6.08. The fourth-order valence-electron chi connectivity index (χ4n) is 1.92. The zero-order valence-electron chi connectivity index (χ0n) is 9.13. The predicted octanol–water partition coefficient (Wildman–Crippen LogP) is 1.88. The Morgan fingerprint density at radius 2 is 2.33 bits per heavy atom. The Morgan fingerprint density at radius 1 is 1.53 bits per heavy atom. The molecule has 0 aromatic carbocycles. The zero-order valence-corrected chi connectivity index (χ0v) is 9.88. The molecule has 2 heterocycles. The second-order valence-corrected chi connectivity index (χ2v) is 4.55. The molecular weight excluding hydrogens is 210 g/mol. The standard InChI is InChI=1S/C11H16ClN3/c1-15(2)11-5-10(14-7-9(11)12)8-3-4-13-6-8/h5,7-8,13H,3-4,6H2,1-2H3. The monoisotopic (exact) mass is 225 g/mol. The van der Waals surface area contributed by atoms with E-state index in [1.165, 1.54) is 6.42 Å². The summed E-state index contributed by atoms with van der Waals surface area (Å²) in [6.07, 6.45) is 2.92. The van der Waals surface area contributed by atoms with Crippen LogP contribution >= 0.6 is 11.6 Å². The molecule has 0 amide bonds. The second-order valence-electron chi connectivity index (χ2n) is 4.14. The molecule has 0 bridgehead atoms. The first-order valence-corrected chi connectivity index (χ1v) is 5.60. The SMILES string of the molecule is CN(C)c1cc(C2CCNC2)ncc1Cl. The van der Waals surface area contributed by atoms with E-state index in [1.807, 2.05) is 19.0 Å². The first kappa shape index (κ1) is 10.7. The van der Waals surface area contributed by atoms with E-state index in [2.05, 4.69) is 16.4 Å². The van der Waals surface area contributed by atoms with Gasteiger partial charge in [0.15, 0.2) is 0 Å². The minimum Gasteiger partial charge on any atom is -0.376 e. The first-order valence-electron chi connectivity index (χ1n) is 5.22. The number of anilines is 1. The lowest BCUT2D eigenvalue weighted by Gasteiger charge is -2.16. The number of pyridine rings is 1. The summed E-state index contributed by atoms with van der Waals surface area (Å²) in [6.45, 7) is 2.12. The molecule has 2 rings (SSSR count). The van der Waals surface area contributed by atoms with Gasteiger partial charge in [-0.25, -0.2) is 0 Å². The van der Waals surface area contributed by atoms with Gasteiger partial charge in [0.1, 0.15) is 0 Å². The Labute approximate surface area is 95.4 Å². The van der Waals surface area contributed by atoms with Crippen LogP contribution < -0.4 is 10.2 Å². The third-order valence-corrected chi connectivity index (χ3v) is 3.11. The van der Waals surface area contributed by atoms with Crippen LogP contribution in [-0.4, -0.2) is 32.2 Å². The summed E-state index contributed by atoms with van der Waals surface area (Å²) in [5.74, 6) is 0.543. The summed E-state index contributed by atoms with van der Waals surface area (Å²) < 4.78 is 0. The largest absolute Gasteiger partial charge is 0.376 e. The molecule has 1 aliphatic heterocycles. The molecule has 0 radical (unpaired) electrons. The molecule has 1 unspecified atom stereocenters. The molecular formula is C11H16ClN3. The minimum absolute atomic E-state index is 0.543. The number of aromatic nitrogens is 1. The van der Waals surface area contributed by atoms with Gasteiger partial charge in [-0.1, -0.05) is 11.6 Å². The van der Waals surface area contributed by atoms with Crippen molar-refractivity contribution in [3.63, 3.8) is 0 Å². The van der Waals surface area contributed by atoms with Crippen molar-refractivity contribution in [3.8, 4) is 0 Å². The smallest absolute Gasteiger partial charge is 0.0822 e. The number of rotatable bonds is 2. The minimum atomic E-state index is 0.543. The van der Waals surface area contributed by atoms with Crippen LogP contribution in [0.25, 0.3) is 0 Å². The maximum absolute atomic E-state index is 6.08. The van der Waals surface area contributed by atoms with Crippen LogP contribution in [0.15, 0.2) is 12.3 Å². The summed E-state index contributed by atoms with van der Waals surface area (Å²) in [7, 11) is 4.00. The molecule has 1 atom stereocenters. The molecule has 0 aliphatic carbocycles. The van der Waals surface area contributed by atoms with Gasteiger partial charge in [0.2, 0.25) is 0 Å². The van der Waals surface area contributed by atoms with Gasteiger partial charge in [-0.2, -0.15) is 0 Å². The van der Waals surface area contributed by atoms with Gasteiger partial charge in [0.05, 0.1) is 10.7 Å². The van der Waals surface area contributed by atoms with Crippen molar-refractivity contribution in [2.75, 3.05) is 32.1 Å². The lowest BCUT2D eigenvalue weighted by atomic mass is 10.0. The van der Waals surface area contributed by atoms with Crippen molar-refractivity contribution < 1.29 is 0 Å². The average molecular weight is 226 g/mol. The molecule has 1 N–H and O–H groups in total. The summed E-state index contributed by atoms with van der Waals surface area (Å²) in [6, 6.07) is 2.10. The summed E-state index contributed by atoms with van der Waals surface area (Å²) in [5.41, 5.74) is 2.20. The zero-order chi connectivity index (χ0) is 10.8. The van der Waals surface area contributed by atoms with Gasteiger partial charge in [-0.05, 0) is 19.0 Å². The quantitative estimate of drug-likeness (QED) is 0.833. The summed E-state index contributed by atoms with van der Waals surface area (Å²) in [5, 5.41) is 4.06. The molecule has 1 aromatic rings. The van der Waals surface area contributed by atoms with Crippen LogP contribution in [0.4, 0.5) is 5.69 Å². The number of nitrogens with one attached hydrogen (secondary N) is 1. The Balaban J connectivity index is 2.29. The Kier molecular flexibility index (Phi) is 3.12. The maximum Gasteiger partial charge on any atom is 0.0822 e. The van der Waals surface area contributed by atoms with Crippen LogP contribution in [0.2, 0.25) is 5.02 Å². The van der Waals surface area contributed by atoms with Gasteiger partial charge in [-0.3, -0.25) is 4.98 Å². The number of hydrogen-bond acceptors (Lipinski definition) is 3. The molecule has 1 aromatic heterocycles. The maximum atomic E-state index is 6.08. The van der Waals surface area contributed by atoms with Crippen molar-refractivity contribution in [3.05, 3.63) is 23.0 Å². The third-order valence-electron chi connectivity index (χ3n) is 2.82. The highest BCUT2D eigenvalue weighted by atomic mass is 35.5. The number of halogens is 1. The molecule has 0 spiro atoms. The fraction of sp³-hybridized carbons (Fsp3) is 0.545. The lowest BCUT2D eigenvalue weighted by molar-refractivity contribution is 0.734. The van der Waals surface area contributed by atoms with Crippen LogP contribution in [0.1, 0.15) is 18.0 Å². The highest BCUT2D eigenvalue weighted by Crippen LogP contribution is 2.28. The van der Waals surface area contributed by atoms with E-state index in [9.17, 15) is 0 Å². The number of nitrogens with zero attached hydrogens (tertiary/aromatic N) is 2. The van der Waals surface area contributed by atoms with Gasteiger partial charge in [-0.15, -0.1) is 0 Å². The van der Waals surface area contributed by atoms with E-state index in [0.717, 1.165) is 29.5 Å². The van der Waals surface area contributed by atoms with E-state index in [-0.39, 0.29) is 0 Å². The summed E-state index contributed by atoms with van der Waals surface area (Å²) in [4.78, 5) is 6.43. The number of hydrogen-bond donors (Lipinski definition) is 1. The molecule has 4 heteroatoms. The molecule has 3 nitrogen and oxygen atoms in total. The van der Waals surface area contributed by atoms with E-state index in [1.54, 1.807) is 6.20 Å². The van der Waals surface area contributed by atoms with E-state index in [0.29, 0.717) is 5.92 Å². The Hall–Kier alpha value is -0.800. The van der Waals surface area contributed by atoms with Crippen LogP contribution in [0.3, 0.4) is 0 Å². The highest BCUT2D eigenvalue weighted by molar-refractivity contribution is 6.33. The predicted molar refractivity (Wildman–Crippen MR) is 63.8 cm³/mol. The van der Waals surface area contributed by atoms with Crippen molar-refractivity contribution >= 4 is 17.3 Å². The highest BCUT2D eigenvalue weighted by Gasteiger charge is 2.19. The molecule has 15 heavy (non-hydrogen) atoms. The van der Waals surface area contributed by atoms with Crippen molar-refractivity contribution in [1.82, 2.24) is 10.3 Å². The molecule has 1 fully saturated rings. The van der Waals surface area contributed by atoms with Crippen molar-refractivity contribution in [2.24, 2.45) is 0 Å². The first-order chi connectivity index (χ1) is 7.18. The molecule has 1 aliphatic rings. The average Bonchev–Trinajstić information content (AvgIpc) is 2.71. The van der Waals surface area contributed by atoms with Gasteiger partial charge < -0.3 is 10.2 Å². The van der Waals surface area contributed by atoms with Crippen molar-refractivity contribution in [2.45, 2.75) is 12.3 Å². The van der Waals surface area contributed by atoms with Gasteiger partial charge in [0, 0.05) is 38.4 Å². The lowest BCUT2D eigenvalue weighted by Crippen LogP contribution is -2.12. The third kappa shape index (κ3) is 2.24. The Morgan fingerprint density at radius 3 is 2.93 bits per heavy atom. The van der Waals surface area contributed by atoms with E-state index < -0.39 is 0 Å². The van der Waals surface area contributed by atoms with E-state index >= 15 is 0 Å². The van der Waals surface area contributed by atoms with Crippen LogP contribution in [-0.2, 0) is 0 Å². The van der Waals surface area contributed by atoms with Crippen LogP contribution in [0.5, 0.6) is 0 Å². The van der Waals surface area contributed by atoms with Crippen LogP contribution in [0, 0.1) is 0 Å². The van der Waals surface area contributed by atoms with Gasteiger partial charge in [0.25, 0.3) is 0 Å². The van der Waals surface area contributed by atoms with Crippen molar-refractivity contribution in [1.29, 1.82) is 0 Å². The van der Waals surface area contributed by atoms with E-state index in [4.69, 9.17) is 11.6 Å². The molecule has 82 valence electrons. The molecule has 0 saturated carbocycles.